The Balaban J connectivity index is 2.15. The maximum absolute atomic E-state index is 8.87. The highest BCUT2D eigenvalue weighted by molar-refractivity contribution is 5.95. The quantitative estimate of drug-likeness (QED) is 0.118. The fraction of sp³-hybridized carbons (Fsp3) is 0.750. The van der Waals surface area contributed by atoms with Crippen molar-refractivity contribution in [1.29, 1.82) is 5.26 Å². The molecule has 0 aromatic carbocycles. The highest BCUT2D eigenvalue weighted by atomic mass is 15.5. The van der Waals surface area contributed by atoms with Crippen molar-refractivity contribution < 1.29 is 0 Å². The van der Waals surface area contributed by atoms with Crippen molar-refractivity contribution in [2.75, 3.05) is 19.6 Å². The van der Waals surface area contributed by atoms with E-state index in [2.05, 4.69) is 33.7 Å². The Morgan fingerprint density at radius 3 is 2.48 bits per heavy atom. The van der Waals surface area contributed by atoms with E-state index in [-0.39, 0.29) is 6.04 Å². The predicted molar refractivity (Wildman–Crippen MR) is 117 cm³/mol. The Labute approximate surface area is 175 Å². The summed E-state index contributed by atoms with van der Waals surface area (Å²) in [6.07, 6.45) is 10.9. The summed E-state index contributed by atoms with van der Waals surface area (Å²) in [5.41, 5.74) is 0. The minimum atomic E-state index is 0.166. The average Bonchev–Trinajstić information content (AvgIpc) is 2.97. The van der Waals surface area contributed by atoms with Crippen LogP contribution in [-0.4, -0.2) is 58.4 Å². The molecule has 0 amide bonds. The number of nitrogens with zero attached hydrogens (tertiary/aromatic N) is 6. The molecule has 0 aromatic heterocycles. The van der Waals surface area contributed by atoms with Gasteiger partial charge in [0, 0.05) is 12.1 Å². The number of nitrogens with one attached hydrogen (secondary N) is 1. The predicted octanol–water partition coefficient (Wildman–Crippen LogP) is 1.86. The normalized spacial score (nSPS) is 22.1. The zero-order valence-corrected chi connectivity index (χ0v) is 18.0. The monoisotopic (exact) mass is 403 g/mol. The molecule has 1 unspecified atom stereocenters. The molecule has 1 atom stereocenters. The molecule has 2 fully saturated rings. The first-order chi connectivity index (χ1) is 14.0. The third-order valence-electron chi connectivity index (χ3n) is 5.83. The van der Waals surface area contributed by atoms with Crippen molar-refractivity contribution >= 4 is 11.8 Å². The molecule has 0 spiro atoms. The van der Waals surface area contributed by atoms with Gasteiger partial charge in [-0.1, -0.05) is 39.2 Å². The number of hydrogen-bond donors (Lipinski definition) is 3. The number of rotatable bonds is 6. The average molecular weight is 404 g/mol. The van der Waals surface area contributed by atoms with E-state index in [1.165, 1.54) is 19.3 Å². The molecule has 2 rings (SSSR count). The zero-order valence-electron chi connectivity index (χ0n) is 18.0. The number of guanidine groups is 1. The van der Waals surface area contributed by atoms with E-state index in [1.807, 2.05) is 6.19 Å². The third-order valence-corrected chi connectivity index (χ3v) is 5.83. The SMILES string of the molecule is C=C(/N=C(\N=C(/C)NC#N)N(N)C1CCCCCC1)N(N)CC1CCCN1CC. The van der Waals surface area contributed by atoms with Gasteiger partial charge in [0.05, 0.1) is 6.54 Å². The summed E-state index contributed by atoms with van der Waals surface area (Å²) in [4.78, 5) is 11.4. The van der Waals surface area contributed by atoms with Gasteiger partial charge in [-0.05, 0) is 45.7 Å². The molecule has 1 heterocycles. The van der Waals surface area contributed by atoms with Crippen LogP contribution in [0.5, 0.6) is 0 Å². The van der Waals surface area contributed by atoms with Crippen LogP contribution in [0.4, 0.5) is 0 Å². The van der Waals surface area contributed by atoms with Crippen LogP contribution in [-0.2, 0) is 0 Å². The van der Waals surface area contributed by atoms with Crippen molar-refractivity contribution in [3.8, 4) is 6.19 Å². The molecule has 1 aliphatic carbocycles. The summed E-state index contributed by atoms with van der Waals surface area (Å²) in [5.74, 6) is 13.9. The van der Waals surface area contributed by atoms with Gasteiger partial charge in [-0.25, -0.2) is 11.7 Å². The molecule has 29 heavy (non-hydrogen) atoms. The van der Waals surface area contributed by atoms with Crippen LogP contribution in [0.1, 0.15) is 65.2 Å². The molecule has 2 aliphatic rings. The van der Waals surface area contributed by atoms with Crippen LogP contribution in [0, 0.1) is 11.5 Å². The largest absolute Gasteiger partial charge is 0.299 e. The number of likely N-dealkylation sites (tertiary alicyclic amines) is 1. The van der Waals surface area contributed by atoms with Crippen LogP contribution < -0.4 is 17.0 Å². The first kappa shape index (κ1) is 23.1. The van der Waals surface area contributed by atoms with Crippen molar-refractivity contribution in [2.45, 2.75) is 77.3 Å². The number of nitriles is 1. The summed E-state index contributed by atoms with van der Waals surface area (Å²) in [5, 5.41) is 14.6. The number of nitrogens with two attached hydrogens (primary N) is 2. The Morgan fingerprint density at radius 1 is 1.17 bits per heavy atom. The number of hydrogen-bond acceptors (Lipinski definition) is 6. The summed E-state index contributed by atoms with van der Waals surface area (Å²) in [7, 11) is 0. The van der Waals surface area contributed by atoms with Gasteiger partial charge in [0.2, 0.25) is 5.96 Å². The minimum Gasteiger partial charge on any atom is -0.299 e. The molecular formula is C20H37N9. The molecule has 9 nitrogen and oxygen atoms in total. The van der Waals surface area contributed by atoms with Crippen LogP contribution in [0.3, 0.4) is 0 Å². The number of likely N-dealkylation sites (N-methyl/N-ethyl adjacent to an activating group) is 1. The van der Waals surface area contributed by atoms with Crippen molar-refractivity contribution in [3.05, 3.63) is 12.4 Å². The standard InChI is InChI=1S/C20H37N9/c1-4-27-13-9-12-19(27)14-28(22)17(3)26-20(25-16(2)24-15-21)29(23)18-10-7-5-6-8-11-18/h18-19H,3-14,22-23H2,1-2H3,(H,24,25,26). The van der Waals surface area contributed by atoms with Gasteiger partial charge in [0.25, 0.3) is 0 Å². The Morgan fingerprint density at radius 2 is 1.86 bits per heavy atom. The molecule has 1 saturated heterocycles. The lowest BCUT2D eigenvalue weighted by Gasteiger charge is -2.30. The highest BCUT2D eigenvalue weighted by Crippen LogP contribution is 2.22. The second-order valence-corrected chi connectivity index (χ2v) is 7.89. The topological polar surface area (TPSA) is 122 Å². The Bertz CT molecular complexity index is 628. The number of aliphatic imine (C=N–C) groups is 2. The fourth-order valence-electron chi connectivity index (χ4n) is 4.13. The Kier molecular flexibility index (Phi) is 9.38. The zero-order chi connectivity index (χ0) is 21.2. The van der Waals surface area contributed by atoms with Crippen molar-refractivity contribution in [3.63, 3.8) is 0 Å². The van der Waals surface area contributed by atoms with Gasteiger partial charge in [-0.2, -0.15) is 15.2 Å². The van der Waals surface area contributed by atoms with E-state index in [0.29, 0.717) is 30.2 Å². The maximum Gasteiger partial charge on any atom is 0.243 e. The Hall–Kier alpha value is -2.15. The minimum absolute atomic E-state index is 0.166. The van der Waals surface area contributed by atoms with Crippen LogP contribution in [0.25, 0.3) is 0 Å². The summed E-state index contributed by atoms with van der Waals surface area (Å²) >= 11 is 0. The van der Waals surface area contributed by atoms with Crippen molar-refractivity contribution in [1.82, 2.24) is 20.2 Å². The van der Waals surface area contributed by atoms with Gasteiger partial charge in [0.15, 0.2) is 6.19 Å². The molecule has 0 aromatic rings. The first-order valence-electron chi connectivity index (χ1n) is 10.7. The maximum atomic E-state index is 8.87. The second-order valence-electron chi connectivity index (χ2n) is 7.89. The lowest BCUT2D eigenvalue weighted by molar-refractivity contribution is 0.204. The molecule has 0 radical (unpaired) electrons. The molecule has 162 valence electrons. The van der Waals surface area contributed by atoms with Gasteiger partial charge in [-0.15, -0.1) is 0 Å². The molecular weight excluding hydrogens is 366 g/mol. The molecule has 0 bridgehead atoms. The van der Waals surface area contributed by atoms with Gasteiger partial charge < -0.3 is 0 Å². The van der Waals surface area contributed by atoms with E-state index in [1.54, 1.807) is 16.9 Å². The van der Waals surface area contributed by atoms with E-state index >= 15 is 0 Å². The molecule has 1 saturated carbocycles. The van der Waals surface area contributed by atoms with Crippen molar-refractivity contribution in [2.24, 2.45) is 21.7 Å². The molecule has 9 heteroatoms. The van der Waals surface area contributed by atoms with E-state index in [9.17, 15) is 0 Å². The van der Waals surface area contributed by atoms with E-state index in [4.69, 9.17) is 16.9 Å². The first-order valence-corrected chi connectivity index (χ1v) is 10.7. The summed E-state index contributed by atoms with van der Waals surface area (Å²) < 4.78 is 0. The van der Waals surface area contributed by atoms with Gasteiger partial charge in [0.1, 0.15) is 11.7 Å². The van der Waals surface area contributed by atoms with E-state index in [0.717, 1.165) is 45.2 Å². The van der Waals surface area contributed by atoms with Gasteiger partial charge in [-0.3, -0.25) is 20.2 Å². The molecule has 5 N–H and O–H groups in total. The van der Waals surface area contributed by atoms with Crippen LogP contribution in [0.15, 0.2) is 22.4 Å². The fourth-order valence-corrected chi connectivity index (χ4v) is 4.13. The third kappa shape index (κ3) is 6.99. The number of amidine groups is 1. The lowest BCUT2D eigenvalue weighted by Crippen LogP contribution is -2.46. The second kappa shape index (κ2) is 11.8. The highest BCUT2D eigenvalue weighted by Gasteiger charge is 2.26. The molecule has 1 aliphatic heterocycles. The number of hydrazine groups is 2. The van der Waals surface area contributed by atoms with Crippen LogP contribution >= 0.6 is 0 Å². The van der Waals surface area contributed by atoms with Gasteiger partial charge >= 0.3 is 0 Å². The summed E-state index contributed by atoms with van der Waals surface area (Å²) in [6, 6.07) is 0.570. The summed E-state index contributed by atoms with van der Waals surface area (Å²) in [6.45, 7) is 10.7. The van der Waals surface area contributed by atoms with Crippen LogP contribution in [0.2, 0.25) is 0 Å². The lowest BCUT2D eigenvalue weighted by atomic mass is 10.1. The van der Waals surface area contributed by atoms with E-state index < -0.39 is 0 Å². The smallest absolute Gasteiger partial charge is 0.243 e.